The van der Waals surface area contributed by atoms with Crippen molar-refractivity contribution in [2.45, 2.75) is 43.7 Å². The van der Waals surface area contributed by atoms with Crippen molar-refractivity contribution in [2.24, 2.45) is 0 Å². The van der Waals surface area contributed by atoms with E-state index in [1.165, 1.54) is 24.8 Å². The molecule has 0 unspecified atom stereocenters. The van der Waals surface area contributed by atoms with Gasteiger partial charge in [0.25, 0.3) is 0 Å². The smallest absolute Gasteiger partial charge is 0.170 e. The number of hydrogen-bond acceptors (Lipinski definition) is 4. The van der Waals surface area contributed by atoms with Crippen LogP contribution in [0.4, 0.5) is 0 Å². The van der Waals surface area contributed by atoms with Gasteiger partial charge >= 0.3 is 0 Å². The minimum absolute atomic E-state index is 0.212. The number of morpholine rings is 1. The Balaban J connectivity index is 1.75. The maximum Gasteiger partial charge on any atom is 0.170 e. The molecule has 4 rings (SSSR count). The van der Waals surface area contributed by atoms with Crippen LogP contribution in [0.2, 0.25) is 0 Å². The highest BCUT2D eigenvalue weighted by molar-refractivity contribution is 5.47. The van der Waals surface area contributed by atoms with Crippen molar-refractivity contribution in [1.29, 1.82) is 0 Å². The zero-order valence-electron chi connectivity index (χ0n) is 12.4. The maximum atomic E-state index is 9.86. The fraction of sp³-hybridized carbons (Fsp3) is 0.647. The van der Waals surface area contributed by atoms with Gasteiger partial charge in [-0.3, -0.25) is 4.90 Å². The molecule has 2 atom stereocenters. The average molecular weight is 289 g/mol. The molecule has 1 saturated heterocycles. The molecule has 1 saturated carbocycles. The molecule has 2 heterocycles. The van der Waals surface area contributed by atoms with Crippen molar-refractivity contribution >= 4 is 0 Å². The zero-order chi connectivity index (χ0) is 14.3. The number of phenolic OH excluding ortho intramolecular Hbond substituents is 1. The van der Waals surface area contributed by atoms with Gasteiger partial charge < -0.3 is 14.6 Å². The Hall–Kier alpha value is -1.26. The van der Waals surface area contributed by atoms with Crippen molar-refractivity contribution < 1.29 is 14.6 Å². The third-order valence-corrected chi connectivity index (χ3v) is 5.27. The first kappa shape index (κ1) is 13.4. The lowest BCUT2D eigenvalue weighted by molar-refractivity contribution is -0.128. The number of fused-ring (bicyclic) bond motifs is 3. The van der Waals surface area contributed by atoms with Gasteiger partial charge in [-0.25, -0.2) is 0 Å². The van der Waals surface area contributed by atoms with E-state index in [1.54, 1.807) is 6.07 Å². The Kier molecular flexibility index (Phi) is 3.31. The maximum absolute atomic E-state index is 9.86. The zero-order valence-corrected chi connectivity index (χ0v) is 12.4. The molecule has 0 amide bonds. The molecule has 3 aliphatic rings. The standard InChI is InChI=1S/C17H23NO3/c19-13-5-6-16-14(12-13)15-4-2-1-3-7-17(15,21-16)18-8-10-20-11-9-18/h5-6,12,15,19H,1-4,7-11H2/t15-,17+/m1/s1. The van der Waals surface area contributed by atoms with Gasteiger partial charge in [0.1, 0.15) is 11.5 Å². The van der Waals surface area contributed by atoms with Crippen LogP contribution in [0.25, 0.3) is 0 Å². The summed E-state index contributed by atoms with van der Waals surface area (Å²) < 4.78 is 12.1. The van der Waals surface area contributed by atoms with Crippen molar-refractivity contribution in [3.63, 3.8) is 0 Å². The van der Waals surface area contributed by atoms with E-state index in [4.69, 9.17) is 9.47 Å². The molecule has 4 heteroatoms. The summed E-state index contributed by atoms with van der Waals surface area (Å²) in [6.45, 7) is 3.46. The monoisotopic (exact) mass is 289 g/mol. The van der Waals surface area contributed by atoms with Gasteiger partial charge in [-0.05, 0) is 31.0 Å². The fourth-order valence-corrected chi connectivity index (χ4v) is 4.30. The number of aromatic hydroxyl groups is 1. The topological polar surface area (TPSA) is 41.9 Å². The molecule has 0 aromatic heterocycles. The van der Waals surface area contributed by atoms with Crippen molar-refractivity contribution in [1.82, 2.24) is 4.90 Å². The molecule has 2 aliphatic heterocycles. The lowest BCUT2D eigenvalue weighted by Crippen LogP contribution is -2.57. The van der Waals surface area contributed by atoms with Crippen LogP contribution in [-0.4, -0.2) is 42.0 Å². The van der Waals surface area contributed by atoms with Crippen molar-refractivity contribution in [3.8, 4) is 11.5 Å². The Bertz CT molecular complexity index is 527. The summed E-state index contributed by atoms with van der Waals surface area (Å²) in [7, 11) is 0. The first-order valence-corrected chi connectivity index (χ1v) is 8.14. The highest BCUT2D eigenvalue weighted by Crippen LogP contribution is 2.53. The molecule has 4 nitrogen and oxygen atoms in total. The second kappa shape index (κ2) is 5.18. The Morgan fingerprint density at radius 2 is 2.00 bits per heavy atom. The number of ether oxygens (including phenoxy) is 2. The molecule has 2 fully saturated rings. The van der Waals surface area contributed by atoms with Crippen LogP contribution in [-0.2, 0) is 4.74 Å². The van der Waals surface area contributed by atoms with E-state index in [9.17, 15) is 5.11 Å². The van der Waals surface area contributed by atoms with Gasteiger partial charge in [0.15, 0.2) is 5.72 Å². The van der Waals surface area contributed by atoms with E-state index >= 15 is 0 Å². The largest absolute Gasteiger partial charge is 0.508 e. The van der Waals surface area contributed by atoms with E-state index in [0.29, 0.717) is 11.7 Å². The van der Waals surface area contributed by atoms with Gasteiger partial charge in [-0.2, -0.15) is 0 Å². The third-order valence-electron chi connectivity index (χ3n) is 5.27. The highest BCUT2D eigenvalue weighted by Gasteiger charge is 2.52. The Labute approximate surface area is 125 Å². The number of rotatable bonds is 1. The second-order valence-electron chi connectivity index (χ2n) is 6.42. The van der Waals surface area contributed by atoms with E-state index in [0.717, 1.165) is 44.9 Å². The van der Waals surface area contributed by atoms with Gasteiger partial charge in [0.05, 0.1) is 13.2 Å². The molecule has 0 bridgehead atoms. The van der Waals surface area contributed by atoms with Crippen LogP contribution < -0.4 is 4.74 Å². The van der Waals surface area contributed by atoms with E-state index in [-0.39, 0.29) is 5.72 Å². The third kappa shape index (κ3) is 2.12. The summed E-state index contributed by atoms with van der Waals surface area (Å²) in [5.74, 6) is 1.69. The molecule has 0 spiro atoms. The van der Waals surface area contributed by atoms with Crippen LogP contribution in [0.3, 0.4) is 0 Å². The van der Waals surface area contributed by atoms with Crippen LogP contribution >= 0.6 is 0 Å². The average Bonchev–Trinajstić information content (AvgIpc) is 2.68. The predicted molar refractivity (Wildman–Crippen MR) is 79.7 cm³/mol. The van der Waals surface area contributed by atoms with Gasteiger partial charge in [0, 0.05) is 31.0 Å². The number of nitrogens with zero attached hydrogens (tertiary/aromatic N) is 1. The lowest BCUT2D eigenvalue weighted by atomic mass is 9.85. The molecule has 1 aromatic carbocycles. The van der Waals surface area contributed by atoms with Crippen LogP contribution in [0.5, 0.6) is 11.5 Å². The number of benzene rings is 1. The SMILES string of the molecule is Oc1ccc2c(c1)[C@H]1CCCCC[C@]1(N1CCOCC1)O2. The first-order valence-electron chi connectivity index (χ1n) is 8.14. The van der Waals surface area contributed by atoms with Gasteiger partial charge in [-0.1, -0.05) is 12.8 Å². The normalized spacial score (nSPS) is 32.9. The summed E-state index contributed by atoms with van der Waals surface area (Å²) in [6, 6.07) is 5.58. The predicted octanol–water partition coefficient (Wildman–Crippen LogP) is 2.86. The molecule has 1 N–H and O–H groups in total. The van der Waals surface area contributed by atoms with Gasteiger partial charge in [-0.15, -0.1) is 0 Å². The van der Waals surface area contributed by atoms with Crippen LogP contribution in [0.1, 0.15) is 43.6 Å². The molecule has 0 radical (unpaired) electrons. The van der Waals surface area contributed by atoms with Crippen LogP contribution in [0, 0.1) is 0 Å². The van der Waals surface area contributed by atoms with Crippen LogP contribution in [0.15, 0.2) is 18.2 Å². The highest BCUT2D eigenvalue weighted by atomic mass is 16.5. The van der Waals surface area contributed by atoms with Crippen molar-refractivity contribution in [2.75, 3.05) is 26.3 Å². The summed E-state index contributed by atoms with van der Waals surface area (Å²) in [6.07, 6.45) is 5.96. The molecular weight excluding hydrogens is 266 g/mol. The van der Waals surface area contributed by atoms with E-state index < -0.39 is 0 Å². The molecule has 1 aromatic rings. The summed E-state index contributed by atoms with van der Waals surface area (Å²) >= 11 is 0. The lowest BCUT2D eigenvalue weighted by Gasteiger charge is -2.45. The number of phenols is 1. The minimum atomic E-state index is -0.212. The second-order valence-corrected chi connectivity index (χ2v) is 6.42. The van der Waals surface area contributed by atoms with E-state index in [2.05, 4.69) is 4.90 Å². The summed E-state index contributed by atoms with van der Waals surface area (Å²) in [4.78, 5) is 2.49. The molecular formula is C17H23NO3. The molecule has 1 aliphatic carbocycles. The Morgan fingerprint density at radius 3 is 2.86 bits per heavy atom. The molecule has 21 heavy (non-hydrogen) atoms. The van der Waals surface area contributed by atoms with Crippen molar-refractivity contribution in [3.05, 3.63) is 23.8 Å². The first-order chi connectivity index (χ1) is 10.3. The quantitative estimate of drug-likeness (QED) is 0.863. The summed E-state index contributed by atoms with van der Waals surface area (Å²) in [5, 5.41) is 9.86. The fourth-order valence-electron chi connectivity index (χ4n) is 4.30. The Morgan fingerprint density at radius 1 is 1.14 bits per heavy atom. The molecule has 114 valence electrons. The van der Waals surface area contributed by atoms with E-state index in [1.807, 2.05) is 12.1 Å². The minimum Gasteiger partial charge on any atom is -0.508 e. The van der Waals surface area contributed by atoms with Gasteiger partial charge in [0.2, 0.25) is 0 Å². The number of hydrogen-bond donors (Lipinski definition) is 1. The summed E-state index contributed by atoms with van der Waals surface area (Å²) in [5.41, 5.74) is 0.986.